The second kappa shape index (κ2) is 5.18. The second-order valence-corrected chi connectivity index (χ2v) is 3.56. The molecule has 1 heterocycles. The summed E-state index contributed by atoms with van der Waals surface area (Å²) in [4.78, 5) is 3.96. The first kappa shape index (κ1) is 11.9. The highest BCUT2D eigenvalue weighted by Gasteiger charge is 2.07. The van der Waals surface area contributed by atoms with Crippen LogP contribution in [0.3, 0.4) is 0 Å². The quantitative estimate of drug-likeness (QED) is 0.637. The summed E-state index contributed by atoms with van der Waals surface area (Å²) in [5.41, 5.74) is 5.98. The average Bonchev–Trinajstić information content (AvgIpc) is 2.40. The normalized spacial score (nSPS) is 9.83. The Bertz CT molecular complexity index is 552. The fraction of sp³-hybridized carbons (Fsp3) is 0.0769. The van der Waals surface area contributed by atoms with Crippen LogP contribution in [0.25, 0.3) is 0 Å². The lowest BCUT2D eigenvalue weighted by atomic mass is 10.2. The Balaban J connectivity index is 2.25. The molecule has 0 aliphatic heterocycles. The van der Waals surface area contributed by atoms with Gasteiger partial charge in [-0.05, 0) is 30.3 Å². The molecule has 92 valence electrons. The Morgan fingerprint density at radius 3 is 2.44 bits per heavy atom. The molecule has 0 aliphatic carbocycles. The van der Waals surface area contributed by atoms with Crippen molar-refractivity contribution in [3.05, 3.63) is 48.3 Å². The molecule has 0 spiro atoms. The first-order chi connectivity index (χ1) is 8.70. The Morgan fingerprint density at radius 2 is 1.83 bits per heavy atom. The zero-order chi connectivity index (χ0) is 13.0. The summed E-state index contributed by atoms with van der Waals surface area (Å²) in [5.74, 6) is 1.78. The molecule has 0 radical (unpaired) electrons. The number of nitrogens with two attached hydrogens (primary N) is 1. The van der Waals surface area contributed by atoms with E-state index in [1.165, 1.54) is 6.20 Å². The van der Waals surface area contributed by atoms with Gasteiger partial charge in [-0.25, -0.2) is 0 Å². The van der Waals surface area contributed by atoms with Crippen LogP contribution in [0.5, 0.6) is 17.2 Å². The number of nitrogens with zero attached hydrogens (tertiary/aromatic N) is 1. The van der Waals surface area contributed by atoms with Gasteiger partial charge in [0.1, 0.15) is 17.3 Å². The summed E-state index contributed by atoms with van der Waals surface area (Å²) in [6.07, 6.45) is 3.10. The fourth-order valence-electron chi connectivity index (χ4n) is 1.45. The maximum absolute atomic E-state index is 7.46. The summed E-state index contributed by atoms with van der Waals surface area (Å²) >= 11 is 0. The van der Waals surface area contributed by atoms with Gasteiger partial charge in [-0.2, -0.15) is 0 Å². The number of nitrogens with one attached hydrogen (secondary N) is 1. The van der Waals surface area contributed by atoms with E-state index in [9.17, 15) is 0 Å². The molecule has 1 aromatic heterocycles. The smallest absolute Gasteiger partial charge is 0.156 e. The van der Waals surface area contributed by atoms with Gasteiger partial charge in [0.15, 0.2) is 5.75 Å². The maximum atomic E-state index is 7.46. The van der Waals surface area contributed by atoms with Gasteiger partial charge in [-0.1, -0.05) is 0 Å². The molecule has 0 fully saturated rings. The molecule has 0 bridgehead atoms. The van der Waals surface area contributed by atoms with Crippen LogP contribution in [-0.2, 0) is 0 Å². The minimum atomic E-state index is -0.0547. The predicted molar refractivity (Wildman–Crippen MR) is 68.3 cm³/mol. The SMILES string of the molecule is COc1ccc(Oc2cnccc2C(=N)N)cc1. The fourth-order valence-corrected chi connectivity index (χ4v) is 1.45. The number of ether oxygens (including phenoxy) is 2. The van der Waals surface area contributed by atoms with E-state index in [1.54, 1.807) is 43.6 Å². The van der Waals surface area contributed by atoms with E-state index in [2.05, 4.69) is 4.98 Å². The number of amidine groups is 1. The molecular weight excluding hydrogens is 230 g/mol. The maximum Gasteiger partial charge on any atom is 0.156 e. The van der Waals surface area contributed by atoms with Gasteiger partial charge in [0.2, 0.25) is 0 Å². The Morgan fingerprint density at radius 1 is 1.17 bits per heavy atom. The highest BCUT2D eigenvalue weighted by Crippen LogP contribution is 2.25. The minimum absolute atomic E-state index is 0.0547. The highest BCUT2D eigenvalue weighted by molar-refractivity contribution is 5.97. The van der Waals surface area contributed by atoms with Crippen molar-refractivity contribution in [1.29, 1.82) is 5.41 Å². The van der Waals surface area contributed by atoms with Crippen molar-refractivity contribution in [1.82, 2.24) is 4.98 Å². The average molecular weight is 243 g/mol. The van der Waals surface area contributed by atoms with Crippen molar-refractivity contribution in [2.24, 2.45) is 5.73 Å². The van der Waals surface area contributed by atoms with Crippen LogP contribution in [-0.4, -0.2) is 17.9 Å². The summed E-state index contributed by atoms with van der Waals surface area (Å²) < 4.78 is 10.7. The van der Waals surface area contributed by atoms with Crippen LogP contribution < -0.4 is 15.2 Å². The van der Waals surface area contributed by atoms with Crippen LogP contribution in [0, 0.1) is 5.41 Å². The van der Waals surface area contributed by atoms with Crippen molar-refractivity contribution in [2.45, 2.75) is 0 Å². The third-order valence-corrected chi connectivity index (χ3v) is 2.36. The summed E-state index contributed by atoms with van der Waals surface area (Å²) in [5, 5.41) is 7.46. The minimum Gasteiger partial charge on any atom is -0.497 e. The van der Waals surface area contributed by atoms with E-state index < -0.39 is 0 Å². The van der Waals surface area contributed by atoms with Crippen molar-refractivity contribution in [2.75, 3.05) is 7.11 Å². The topological polar surface area (TPSA) is 81.2 Å². The van der Waals surface area contributed by atoms with E-state index in [0.717, 1.165) is 5.75 Å². The molecule has 5 heteroatoms. The van der Waals surface area contributed by atoms with E-state index >= 15 is 0 Å². The highest BCUT2D eigenvalue weighted by atomic mass is 16.5. The van der Waals surface area contributed by atoms with Gasteiger partial charge in [0.25, 0.3) is 0 Å². The molecule has 1 aromatic carbocycles. The molecule has 18 heavy (non-hydrogen) atoms. The van der Waals surface area contributed by atoms with Crippen LogP contribution in [0.4, 0.5) is 0 Å². The standard InChI is InChI=1S/C13H13N3O2/c1-17-9-2-4-10(5-3-9)18-12-8-16-7-6-11(12)13(14)15/h2-8H,1H3,(H3,14,15). The number of methoxy groups -OCH3 is 1. The molecular formula is C13H13N3O2. The largest absolute Gasteiger partial charge is 0.497 e. The van der Waals surface area contributed by atoms with Gasteiger partial charge in [-0.15, -0.1) is 0 Å². The zero-order valence-corrected chi connectivity index (χ0v) is 9.88. The molecule has 0 aliphatic rings. The Labute approximate surface area is 105 Å². The van der Waals surface area contributed by atoms with Crippen LogP contribution in [0.15, 0.2) is 42.7 Å². The molecule has 3 N–H and O–H groups in total. The number of benzene rings is 1. The van der Waals surface area contributed by atoms with Crippen LogP contribution in [0.1, 0.15) is 5.56 Å². The van der Waals surface area contributed by atoms with Crippen molar-refractivity contribution in [3.63, 3.8) is 0 Å². The first-order valence-electron chi connectivity index (χ1n) is 5.31. The number of aromatic nitrogens is 1. The van der Waals surface area contributed by atoms with Gasteiger partial charge in [-0.3, -0.25) is 10.4 Å². The lowest BCUT2D eigenvalue weighted by molar-refractivity contribution is 0.412. The Kier molecular flexibility index (Phi) is 3.43. The number of pyridine rings is 1. The van der Waals surface area contributed by atoms with E-state index in [-0.39, 0.29) is 5.84 Å². The van der Waals surface area contributed by atoms with Crippen molar-refractivity contribution < 1.29 is 9.47 Å². The van der Waals surface area contributed by atoms with E-state index in [1.807, 2.05) is 0 Å². The molecule has 0 amide bonds. The third kappa shape index (κ3) is 2.57. The number of rotatable bonds is 4. The number of hydrogen-bond donors (Lipinski definition) is 2. The molecule has 2 rings (SSSR count). The van der Waals surface area contributed by atoms with Crippen LogP contribution >= 0.6 is 0 Å². The first-order valence-corrected chi connectivity index (χ1v) is 5.31. The lowest BCUT2D eigenvalue weighted by Crippen LogP contribution is -2.12. The molecule has 2 aromatic rings. The molecule has 0 saturated carbocycles. The van der Waals surface area contributed by atoms with E-state index in [0.29, 0.717) is 17.1 Å². The monoisotopic (exact) mass is 243 g/mol. The number of nitrogen functional groups attached to an aromatic ring is 1. The van der Waals surface area contributed by atoms with E-state index in [4.69, 9.17) is 20.6 Å². The van der Waals surface area contributed by atoms with Crippen LogP contribution in [0.2, 0.25) is 0 Å². The summed E-state index contributed by atoms with van der Waals surface area (Å²) in [6, 6.07) is 8.77. The summed E-state index contributed by atoms with van der Waals surface area (Å²) in [6.45, 7) is 0. The van der Waals surface area contributed by atoms with Gasteiger partial charge in [0.05, 0.1) is 18.9 Å². The lowest BCUT2D eigenvalue weighted by Gasteiger charge is -2.09. The molecule has 0 atom stereocenters. The van der Waals surface area contributed by atoms with Gasteiger partial charge < -0.3 is 15.2 Å². The predicted octanol–water partition coefficient (Wildman–Crippen LogP) is 2.17. The van der Waals surface area contributed by atoms with Crippen molar-refractivity contribution >= 4 is 5.84 Å². The second-order valence-electron chi connectivity index (χ2n) is 3.56. The van der Waals surface area contributed by atoms with Crippen molar-refractivity contribution in [3.8, 4) is 17.2 Å². The zero-order valence-electron chi connectivity index (χ0n) is 9.88. The van der Waals surface area contributed by atoms with Gasteiger partial charge in [0, 0.05) is 6.20 Å². The van der Waals surface area contributed by atoms with Gasteiger partial charge >= 0.3 is 0 Å². The molecule has 0 saturated heterocycles. The molecule has 0 unspecified atom stereocenters. The Hall–Kier alpha value is -2.56. The molecule has 5 nitrogen and oxygen atoms in total. The number of hydrogen-bond acceptors (Lipinski definition) is 4. The third-order valence-electron chi connectivity index (χ3n) is 2.36. The summed E-state index contributed by atoms with van der Waals surface area (Å²) in [7, 11) is 1.60.